The number of pyridine rings is 1. The van der Waals surface area contributed by atoms with E-state index in [4.69, 9.17) is 0 Å². The Bertz CT molecular complexity index is 1030. The van der Waals surface area contributed by atoms with Crippen LogP contribution in [0.25, 0.3) is 0 Å². The first-order valence-electron chi connectivity index (χ1n) is 9.30. The molecule has 1 amide bonds. The summed E-state index contributed by atoms with van der Waals surface area (Å²) in [5.41, 5.74) is 3.20. The zero-order chi connectivity index (χ0) is 21.3. The van der Waals surface area contributed by atoms with Crippen LogP contribution in [-0.2, 0) is 14.8 Å². The fraction of sp³-hybridized carbons (Fsp3) is 0.400. The molecule has 6 nitrogen and oxygen atoms in total. The highest BCUT2D eigenvalue weighted by atomic mass is 32.2. The summed E-state index contributed by atoms with van der Waals surface area (Å²) >= 11 is 0. The normalized spacial score (nSPS) is 16.0. The van der Waals surface area contributed by atoms with E-state index in [1.54, 1.807) is 0 Å². The fourth-order valence-corrected chi connectivity index (χ4v) is 5.06. The van der Waals surface area contributed by atoms with Crippen LogP contribution in [-0.4, -0.2) is 36.7 Å². The first kappa shape index (κ1) is 21.3. The number of amides is 1. The Balaban J connectivity index is 1.67. The van der Waals surface area contributed by atoms with Crippen molar-refractivity contribution < 1.29 is 22.0 Å². The third kappa shape index (κ3) is 4.45. The number of nitrogens with zero attached hydrogens (tertiary/aromatic N) is 2. The van der Waals surface area contributed by atoms with Crippen molar-refractivity contribution in [1.82, 2.24) is 9.29 Å². The summed E-state index contributed by atoms with van der Waals surface area (Å²) < 4.78 is 53.1. The molecule has 1 saturated heterocycles. The number of anilines is 1. The van der Waals surface area contributed by atoms with Crippen molar-refractivity contribution in [2.75, 3.05) is 18.4 Å². The van der Waals surface area contributed by atoms with Crippen molar-refractivity contribution in [1.29, 1.82) is 0 Å². The van der Waals surface area contributed by atoms with E-state index in [1.165, 1.54) is 4.31 Å². The van der Waals surface area contributed by atoms with Crippen molar-refractivity contribution in [3.05, 3.63) is 52.9 Å². The number of benzene rings is 1. The molecule has 2 heterocycles. The number of sulfonamides is 1. The van der Waals surface area contributed by atoms with Crippen LogP contribution in [0, 0.1) is 38.3 Å². The summed E-state index contributed by atoms with van der Waals surface area (Å²) in [4.78, 5) is 16.7. The highest BCUT2D eigenvalue weighted by molar-refractivity contribution is 7.89. The van der Waals surface area contributed by atoms with E-state index in [0.29, 0.717) is 24.6 Å². The highest BCUT2D eigenvalue weighted by Crippen LogP contribution is 2.27. The molecule has 0 bridgehead atoms. The van der Waals surface area contributed by atoms with Crippen LogP contribution in [0.1, 0.15) is 29.8 Å². The summed E-state index contributed by atoms with van der Waals surface area (Å²) in [6.07, 6.45) is 0.679. The van der Waals surface area contributed by atoms with Crippen LogP contribution in [0.3, 0.4) is 0 Å². The molecule has 3 rings (SSSR count). The van der Waals surface area contributed by atoms with E-state index in [0.717, 1.165) is 29.1 Å². The number of hydrogen-bond donors (Lipinski definition) is 1. The second kappa shape index (κ2) is 8.16. The zero-order valence-corrected chi connectivity index (χ0v) is 17.3. The molecule has 0 radical (unpaired) electrons. The molecule has 1 fully saturated rings. The lowest BCUT2D eigenvalue weighted by Crippen LogP contribution is -2.41. The van der Waals surface area contributed by atoms with Crippen LogP contribution in [0.2, 0.25) is 0 Å². The first-order valence-corrected chi connectivity index (χ1v) is 10.7. The number of nitrogens with one attached hydrogen (secondary N) is 1. The molecule has 2 aromatic rings. The minimum absolute atomic E-state index is 0.128. The van der Waals surface area contributed by atoms with E-state index in [9.17, 15) is 22.0 Å². The number of carbonyl (C=O) groups is 1. The summed E-state index contributed by atoms with van der Waals surface area (Å²) in [6, 6.07) is 4.41. The molecule has 0 aliphatic carbocycles. The Morgan fingerprint density at radius 2 is 1.76 bits per heavy atom. The number of aromatic nitrogens is 1. The molecular weight excluding hydrogens is 400 g/mol. The molecule has 1 aliphatic heterocycles. The van der Waals surface area contributed by atoms with E-state index in [1.807, 2.05) is 26.8 Å². The monoisotopic (exact) mass is 423 g/mol. The maximum absolute atomic E-state index is 13.4. The molecule has 1 aromatic carbocycles. The van der Waals surface area contributed by atoms with Crippen LogP contribution in [0.5, 0.6) is 0 Å². The Hall–Kier alpha value is -2.39. The molecule has 1 N–H and O–H groups in total. The zero-order valence-electron chi connectivity index (χ0n) is 16.5. The van der Waals surface area contributed by atoms with Crippen LogP contribution in [0.4, 0.5) is 14.5 Å². The molecule has 0 atom stereocenters. The molecule has 1 aromatic heterocycles. The number of aryl methyl sites for hydroxylation is 3. The Morgan fingerprint density at radius 3 is 2.34 bits per heavy atom. The topological polar surface area (TPSA) is 79.4 Å². The van der Waals surface area contributed by atoms with Gasteiger partial charge in [-0.3, -0.25) is 9.78 Å². The molecule has 1 aliphatic rings. The number of piperidine rings is 1. The molecule has 29 heavy (non-hydrogen) atoms. The van der Waals surface area contributed by atoms with Crippen LogP contribution >= 0.6 is 0 Å². The van der Waals surface area contributed by atoms with Gasteiger partial charge in [0.05, 0.1) is 16.3 Å². The molecule has 0 unspecified atom stereocenters. The molecule has 156 valence electrons. The second-order valence-electron chi connectivity index (χ2n) is 7.28. The van der Waals surface area contributed by atoms with Gasteiger partial charge in [0, 0.05) is 24.7 Å². The quantitative estimate of drug-likeness (QED) is 0.818. The van der Waals surface area contributed by atoms with Gasteiger partial charge in [0.15, 0.2) is 11.6 Å². The number of carbonyl (C=O) groups excluding carboxylic acids is 1. The summed E-state index contributed by atoms with van der Waals surface area (Å²) in [7, 11) is -3.94. The molecule has 0 saturated carbocycles. The first-order chi connectivity index (χ1) is 13.6. The third-order valence-corrected chi connectivity index (χ3v) is 7.02. The van der Waals surface area contributed by atoms with E-state index < -0.39 is 21.7 Å². The molecule has 0 spiro atoms. The van der Waals surface area contributed by atoms with Crippen LogP contribution in [0.15, 0.2) is 29.2 Å². The summed E-state index contributed by atoms with van der Waals surface area (Å²) in [5, 5.41) is 2.91. The SMILES string of the molecule is Cc1cc(C)c(NC(=O)C2CCN(S(=O)(=O)c3ccc(F)c(F)c3)CC2)c(C)n1. The Morgan fingerprint density at radius 1 is 1.10 bits per heavy atom. The summed E-state index contributed by atoms with van der Waals surface area (Å²) in [6.45, 7) is 5.86. The van der Waals surface area contributed by atoms with Gasteiger partial charge in [0.2, 0.25) is 15.9 Å². The van der Waals surface area contributed by atoms with E-state index >= 15 is 0 Å². The predicted molar refractivity (Wildman–Crippen MR) is 105 cm³/mol. The van der Waals surface area contributed by atoms with Crippen molar-refractivity contribution in [2.24, 2.45) is 5.92 Å². The minimum atomic E-state index is -3.94. The standard InChI is InChI=1S/C20H23F2N3O3S/c1-12-10-13(2)23-14(3)19(12)24-20(26)15-6-8-25(9-7-15)29(27,28)16-4-5-17(21)18(22)11-16/h4-5,10-11,15H,6-9H2,1-3H3,(H,24,26). The van der Waals surface area contributed by atoms with Gasteiger partial charge in [0.25, 0.3) is 0 Å². The Labute approximate surface area is 169 Å². The lowest BCUT2D eigenvalue weighted by Gasteiger charge is -2.30. The van der Waals surface area contributed by atoms with Gasteiger partial charge in [-0.1, -0.05) is 0 Å². The average molecular weight is 423 g/mol. The second-order valence-corrected chi connectivity index (χ2v) is 9.22. The van der Waals surface area contributed by atoms with E-state index in [-0.39, 0.29) is 29.8 Å². The van der Waals surface area contributed by atoms with Gasteiger partial charge in [-0.15, -0.1) is 0 Å². The van der Waals surface area contributed by atoms with Crippen molar-refractivity contribution in [3.8, 4) is 0 Å². The van der Waals surface area contributed by atoms with Crippen molar-refractivity contribution in [2.45, 2.75) is 38.5 Å². The lowest BCUT2D eigenvalue weighted by molar-refractivity contribution is -0.120. The lowest BCUT2D eigenvalue weighted by atomic mass is 9.97. The summed E-state index contributed by atoms with van der Waals surface area (Å²) in [5.74, 6) is -2.83. The number of halogens is 2. The maximum Gasteiger partial charge on any atom is 0.243 e. The molecular formula is C20H23F2N3O3S. The van der Waals surface area contributed by atoms with Crippen LogP contribution < -0.4 is 5.32 Å². The van der Waals surface area contributed by atoms with Gasteiger partial charge in [-0.25, -0.2) is 17.2 Å². The van der Waals surface area contributed by atoms with Crippen molar-refractivity contribution >= 4 is 21.6 Å². The highest BCUT2D eigenvalue weighted by Gasteiger charge is 2.32. The van der Waals surface area contributed by atoms with Gasteiger partial charge in [0.1, 0.15) is 0 Å². The predicted octanol–water partition coefficient (Wildman–Crippen LogP) is 3.32. The molecule has 9 heteroatoms. The Kier molecular flexibility index (Phi) is 6.00. The van der Waals surface area contributed by atoms with Crippen molar-refractivity contribution in [3.63, 3.8) is 0 Å². The smallest absolute Gasteiger partial charge is 0.243 e. The van der Waals surface area contributed by atoms with Gasteiger partial charge >= 0.3 is 0 Å². The van der Waals surface area contributed by atoms with Gasteiger partial charge in [-0.05, 0) is 63.4 Å². The fourth-order valence-electron chi connectivity index (χ4n) is 3.58. The van der Waals surface area contributed by atoms with E-state index in [2.05, 4.69) is 10.3 Å². The maximum atomic E-state index is 13.4. The average Bonchev–Trinajstić information content (AvgIpc) is 2.66. The minimum Gasteiger partial charge on any atom is -0.324 e. The largest absolute Gasteiger partial charge is 0.324 e. The van der Waals surface area contributed by atoms with Gasteiger partial charge in [-0.2, -0.15) is 4.31 Å². The third-order valence-electron chi connectivity index (χ3n) is 5.13. The van der Waals surface area contributed by atoms with Gasteiger partial charge < -0.3 is 5.32 Å². The number of rotatable bonds is 4. The number of hydrogen-bond acceptors (Lipinski definition) is 4.